The van der Waals surface area contributed by atoms with Crippen LogP contribution < -0.4 is 4.90 Å². The number of benzene rings is 1. The van der Waals surface area contributed by atoms with E-state index < -0.39 is 15.8 Å². The number of aliphatic carboxylic acids is 1. The Morgan fingerprint density at radius 2 is 2.09 bits per heavy atom. The summed E-state index contributed by atoms with van der Waals surface area (Å²) in [5.74, 6) is -1.06. The second-order valence-corrected chi connectivity index (χ2v) is 7.91. The van der Waals surface area contributed by atoms with Gasteiger partial charge in [-0.15, -0.1) is 0 Å². The Balaban J connectivity index is 1.85. The van der Waals surface area contributed by atoms with E-state index in [-0.39, 0.29) is 16.6 Å². The molecule has 2 aromatic rings. The van der Waals surface area contributed by atoms with Gasteiger partial charge in [0.1, 0.15) is 5.52 Å². The summed E-state index contributed by atoms with van der Waals surface area (Å²) in [4.78, 5) is 17.5. The van der Waals surface area contributed by atoms with Crippen LogP contribution in [-0.4, -0.2) is 43.3 Å². The Hall–Kier alpha value is -2.09. The number of sulfone groups is 1. The van der Waals surface area contributed by atoms with Gasteiger partial charge in [0.05, 0.1) is 16.6 Å². The maximum atomic E-state index is 11.9. The van der Waals surface area contributed by atoms with Crippen molar-refractivity contribution in [2.75, 3.05) is 23.7 Å². The topological polar surface area (TPSA) is 101 Å². The summed E-state index contributed by atoms with van der Waals surface area (Å²) in [6.45, 7) is 2.72. The Bertz CT molecular complexity index is 835. The van der Waals surface area contributed by atoms with Crippen molar-refractivity contribution in [2.24, 2.45) is 5.92 Å². The van der Waals surface area contributed by atoms with E-state index in [9.17, 15) is 13.2 Å². The fraction of sp³-hybridized carbons (Fsp3) is 0.467. The van der Waals surface area contributed by atoms with E-state index in [1.54, 1.807) is 13.0 Å². The molecular weight excluding hydrogens is 320 g/mol. The molecule has 1 aromatic heterocycles. The first kappa shape index (κ1) is 15.8. The van der Waals surface area contributed by atoms with Gasteiger partial charge in [0.15, 0.2) is 15.4 Å². The number of aromatic nitrogens is 1. The number of hydrogen-bond acceptors (Lipinski definition) is 6. The molecule has 0 aliphatic carbocycles. The number of carboxylic acids is 1. The fourth-order valence-electron chi connectivity index (χ4n) is 2.71. The zero-order valence-electron chi connectivity index (χ0n) is 12.7. The third-order valence-corrected chi connectivity index (χ3v) is 5.93. The number of fused-ring (bicyclic) bond motifs is 1. The van der Waals surface area contributed by atoms with Crippen LogP contribution in [0.4, 0.5) is 6.01 Å². The molecule has 8 heteroatoms. The highest BCUT2D eigenvalue weighted by Crippen LogP contribution is 2.28. The first-order valence-corrected chi connectivity index (χ1v) is 9.17. The molecule has 1 saturated heterocycles. The van der Waals surface area contributed by atoms with E-state index in [0.717, 1.165) is 0 Å². The number of carboxylic acid groups (broad SMARTS) is 1. The van der Waals surface area contributed by atoms with E-state index >= 15 is 0 Å². The number of nitrogens with zero attached hydrogens (tertiary/aromatic N) is 2. The van der Waals surface area contributed by atoms with Gasteiger partial charge in [0, 0.05) is 13.1 Å². The molecule has 7 nitrogen and oxygen atoms in total. The summed E-state index contributed by atoms with van der Waals surface area (Å²) in [7, 11) is -3.28. The molecule has 0 atom stereocenters. The van der Waals surface area contributed by atoms with Crippen molar-refractivity contribution in [1.29, 1.82) is 0 Å². The Labute approximate surface area is 133 Å². The average molecular weight is 338 g/mol. The zero-order chi connectivity index (χ0) is 16.6. The Morgan fingerprint density at radius 1 is 1.39 bits per heavy atom. The first-order chi connectivity index (χ1) is 10.9. The third-order valence-electron chi connectivity index (χ3n) is 4.20. The zero-order valence-corrected chi connectivity index (χ0v) is 13.5. The summed E-state index contributed by atoms with van der Waals surface area (Å²) in [6.07, 6.45) is 1.09. The molecule has 0 saturated carbocycles. The van der Waals surface area contributed by atoms with Crippen LogP contribution in [0.25, 0.3) is 11.1 Å². The van der Waals surface area contributed by atoms with Crippen molar-refractivity contribution < 1.29 is 22.7 Å². The number of carbonyl (C=O) groups is 1. The molecule has 1 fully saturated rings. The second kappa shape index (κ2) is 5.84. The number of oxazole rings is 1. The predicted molar refractivity (Wildman–Crippen MR) is 84.3 cm³/mol. The van der Waals surface area contributed by atoms with E-state index in [2.05, 4.69) is 4.98 Å². The van der Waals surface area contributed by atoms with Crippen molar-refractivity contribution in [2.45, 2.75) is 24.7 Å². The van der Waals surface area contributed by atoms with Gasteiger partial charge >= 0.3 is 5.97 Å². The smallest absolute Gasteiger partial charge is 0.306 e. The maximum Gasteiger partial charge on any atom is 0.306 e. The molecule has 0 unspecified atom stereocenters. The minimum atomic E-state index is -3.28. The minimum Gasteiger partial charge on any atom is -0.481 e. The van der Waals surface area contributed by atoms with Gasteiger partial charge in [-0.2, -0.15) is 4.98 Å². The lowest BCUT2D eigenvalue weighted by atomic mass is 9.97. The summed E-state index contributed by atoms with van der Waals surface area (Å²) < 4.78 is 29.5. The maximum absolute atomic E-state index is 11.9. The first-order valence-electron chi connectivity index (χ1n) is 7.52. The second-order valence-electron chi connectivity index (χ2n) is 5.63. The van der Waals surface area contributed by atoms with Crippen LogP contribution in [0, 0.1) is 5.92 Å². The van der Waals surface area contributed by atoms with Gasteiger partial charge in [-0.25, -0.2) is 8.42 Å². The lowest BCUT2D eigenvalue weighted by Gasteiger charge is -2.28. The molecule has 1 aliphatic rings. The van der Waals surface area contributed by atoms with Crippen LogP contribution in [0.1, 0.15) is 19.8 Å². The molecule has 3 rings (SSSR count). The standard InChI is InChI=1S/C15H18N2O5S/c1-2-23(20,21)11-3-4-13-12(9-11)16-15(22-13)17-7-5-10(6-8-17)14(18)19/h3-4,9-10H,2,5-8H2,1H3,(H,18,19). The number of rotatable bonds is 4. The SMILES string of the molecule is CCS(=O)(=O)c1ccc2oc(N3CCC(C(=O)O)CC3)nc2c1. The van der Waals surface area contributed by atoms with E-state index in [1.165, 1.54) is 12.1 Å². The molecule has 0 bridgehead atoms. The van der Waals surface area contributed by atoms with Gasteiger partial charge in [0.25, 0.3) is 6.01 Å². The van der Waals surface area contributed by atoms with Crippen molar-refractivity contribution in [3.05, 3.63) is 18.2 Å². The highest BCUT2D eigenvalue weighted by Gasteiger charge is 2.27. The summed E-state index contributed by atoms with van der Waals surface area (Å²) in [5.41, 5.74) is 1.02. The van der Waals surface area contributed by atoms with Crippen LogP contribution in [0.5, 0.6) is 0 Å². The fourth-order valence-corrected chi connectivity index (χ4v) is 3.61. The van der Waals surface area contributed by atoms with Crippen LogP contribution in [0.3, 0.4) is 0 Å². The number of piperidine rings is 1. The van der Waals surface area contributed by atoms with Crippen LogP contribution >= 0.6 is 0 Å². The van der Waals surface area contributed by atoms with Gasteiger partial charge in [-0.05, 0) is 31.0 Å². The van der Waals surface area contributed by atoms with Gasteiger partial charge in [0.2, 0.25) is 0 Å². The normalized spacial score (nSPS) is 16.8. The monoisotopic (exact) mass is 338 g/mol. The van der Waals surface area contributed by atoms with Gasteiger partial charge in [-0.1, -0.05) is 6.92 Å². The Kier molecular flexibility index (Phi) is 4.01. The van der Waals surface area contributed by atoms with Gasteiger partial charge < -0.3 is 14.4 Å². The van der Waals surface area contributed by atoms with Crippen molar-refractivity contribution in [3.63, 3.8) is 0 Å². The molecule has 1 aliphatic heterocycles. The van der Waals surface area contributed by atoms with Crippen molar-refractivity contribution in [1.82, 2.24) is 4.98 Å². The largest absolute Gasteiger partial charge is 0.481 e. The molecular formula is C15H18N2O5S. The van der Waals surface area contributed by atoms with Crippen LogP contribution in [-0.2, 0) is 14.6 Å². The lowest BCUT2D eigenvalue weighted by molar-refractivity contribution is -0.142. The van der Waals surface area contributed by atoms with Crippen LogP contribution in [0.2, 0.25) is 0 Å². The molecule has 0 radical (unpaired) electrons. The van der Waals surface area contributed by atoms with Gasteiger partial charge in [-0.3, -0.25) is 4.79 Å². The molecule has 124 valence electrons. The molecule has 23 heavy (non-hydrogen) atoms. The number of anilines is 1. The summed E-state index contributed by atoms with van der Waals surface area (Å²) in [5, 5.41) is 9.03. The molecule has 2 heterocycles. The molecule has 0 spiro atoms. The average Bonchev–Trinajstić information content (AvgIpc) is 2.98. The lowest BCUT2D eigenvalue weighted by Crippen LogP contribution is -2.36. The molecule has 1 aromatic carbocycles. The van der Waals surface area contributed by atoms with Crippen molar-refractivity contribution >= 4 is 32.9 Å². The van der Waals surface area contributed by atoms with Crippen LogP contribution in [0.15, 0.2) is 27.5 Å². The third kappa shape index (κ3) is 3.03. The summed E-state index contributed by atoms with van der Waals surface area (Å²) in [6, 6.07) is 5.06. The van der Waals surface area contributed by atoms with E-state index in [4.69, 9.17) is 9.52 Å². The van der Waals surface area contributed by atoms with E-state index in [0.29, 0.717) is 43.0 Å². The highest BCUT2D eigenvalue weighted by molar-refractivity contribution is 7.91. The highest BCUT2D eigenvalue weighted by atomic mass is 32.2. The molecule has 1 N–H and O–H groups in total. The summed E-state index contributed by atoms with van der Waals surface area (Å²) >= 11 is 0. The number of hydrogen-bond donors (Lipinski definition) is 1. The predicted octanol–water partition coefficient (Wildman–Crippen LogP) is 1.92. The van der Waals surface area contributed by atoms with Crippen molar-refractivity contribution in [3.8, 4) is 0 Å². The Morgan fingerprint density at radius 3 is 2.70 bits per heavy atom. The minimum absolute atomic E-state index is 0.0336. The quantitative estimate of drug-likeness (QED) is 0.909. The molecule has 0 amide bonds. The van der Waals surface area contributed by atoms with E-state index in [1.807, 2.05) is 4.90 Å².